The topological polar surface area (TPSA) is 124 Å². The number of carbonyl (C=O) groups is 1. The predicted molar refractivity (Wildman–Crippen MR) is 67.7 cm³/mol. The van der Waals surface area contributed by atoms with Crippen LogP contribution in [0, 0.1) is 10.1 Å². The van der Waals surface area contributed by atoms with Crippen LogP contribution in [0.4, 0.5) is 5.69 Å². The molecule has 0 amide bonds. The van der Waals surface area contributed by atoms with Crippen molar-refractivity contribution in [2.45, 2.75) is 16.6 Å². The minimum atomic E-state index is -1.13. The Morgan fingerprint density at radius 2 is 2.30 bits per heavy atom. The Morgan fingerprint density at radius 1 is 1.55 bits per heavy atom. The van der Waals surface area contributed by atoms with E-state index in [1.54, 1.807) is 0 Å². The summed E-state index contributed by atoms with van der Waals surface area (Å²) < 4.78 is 1.01. The molecule has 0 aliphatic carbocycles. The molecule has 0 bridgehead atoms. The zero-order valence-electron chi connectivity index (χ0n) is 9.63. The number of rotatable bonds is 5. The molecular weight excluding hydrogens is 310 g/mol. The van der Waals surface area contributed by atoms with Crippen LogP contribution in [-0.2, 0) is 11.3 Å². The summed E-state index contributed by atoms with van der Waals surface area (Å²) in [5, 5.41) is 30.4. The smallest absolute Gasteiger partial charge is 0.325 e. The fourth-order valence-electron chi connectivity index (χ4n) is 1.33. The van der Waals surface area contributed by atoms with Crippen molar-refractivity contribution < 1.29 is 14.8 Å². The van der Waals surface area contributed by atoms with E-state index in [9.17, 15) is 14.9 Å². The first-order chi connectivity index (χ1) is 9.49. The van der Waals surface area contributed by atoms with Gasteiger partial charge in [-0.25, -0.2) is 4.68 Å². The van der Waals surface area contributed by atoms with Gasteiger partial charge in [0, 0.05) is 6.07 Å². The van der Waals surface area contributed by atoms with E-state index in [0.717, 1.165) is 16.4 Å². The van der Waals surface area contributed by atoms with E-state index in [0.29, 0.717) is 0 Å². The largest absolute Gasteiger partial charge is 0.480 e. The fraction of sp³-hybridized carbons (Fsp3) is 0.111. The predicted octanol–water partition coefficient (Wildman–Crippen LogP) is 1.47. The van der Waals surface area contributed by atoms with Gasteiger partial charge in [-0.15, -0.1) is 5.10 Å². The molecule has 2 rings (SSSR count). The average molecular weight is 316 g/mol. The standard InChI is InChI=1S/C9H6ClN5O4S/c10-5-2-1-3-6(15(18)19)8(5)20-9-11-12-13-14(9)4-7(16)17/h1-3H,4H2,(H,16,17). The van der Waals surface area contributed by atoms with Gasteiger partial charge in [-0.3, -0.25) is 14.9 Å². The first-order valence-electron chi connectivity index (χ1n) is 5.07. The second-order valence-corrected chi connectivity index (χ2v) is 4.84. The van der Waals surface area contributed by atoms with Crippen molar-refractivity contribution in [1.29, 1.82) is 0 Å². The third-order valence-corrected chi connectivity index (χ3v) is 3.66. The summed E-state index contributed by atoms with van der Waals surface area (Å²) in [6, 6.07) is 4.23. The Morgan fingerprint density at radius 3 is 2.95 bits per heavy atom. The number of nitro groups is 1. The number of aromatic nitrogens is 4. The Kier molecular flexibility index (Phi) is 4.15. The van der Waals surface area contributed by atoms with Gasteiger partial charge in [0.1, 0.15) is 11.4 Å². The highest BCUT2D eigenvalue weighted by Gasteiger charge is 2.21. The maximum atomic E-state index is 10.9. The van der Waals surface area contributed by atoms with Crippen LogP contribution in [-0.4, -0.2) is 36.2 Å². The van der Waals surface area contributed by atoms with Crippen LogP contribution < -0.4 is 0 Å². The number of aliphatic carboxylic acids is 1. The molecule has 0 saturated carbocycles. The zero-order chi connectivity index (χ0) is 14.7. The minimum absolute atomic E-state index is 0.101. The lowest BCUT2D eigenvalue weighted by molar-refractivity contribution is -0.387. The SMILES string of the molecule is O=C(O)Cn1nnnc1Sc1c(Cl)cccc1[N+](=O)[O-]. The van der Waals surface area contributed by atoms with E-state index in [1.165, 1.54) is 18.2 Å². The lowest BCUT2D eigenvalue weighted by atomic mass is 10.3. The van der Waals surface area contributed by atoms with E-state index in [4.69, 9.17) is 16.7 Å². The summed E-state index contributed by atoms with van der Waals surface area (Å²) in [5.41, 5.74) is -0.202. The van der Waals surface area contributed by atoms with Crippen molar-refractivity contribution in [1.82, 2.24) is 20.2 Å². The molecule has 1 heterocycles. The second kappa shape index (κ2) is 5.84. The van der Waals surface area contributed by atoms with Crippen molar-refractivity contribution in [3.63, 3.8) is 0 Å². The van der Waals surface area contributed by atoms with Gasteiger partial charge >= 0.3 is 5.97 Å². The Bertz CT molecular complexity index is 676. The van der Waals surface area contributed by atoms with Gasteiger partial charge in [0.2, 0.25) is 5.16 Å². The van der Waals surface area contributed by atoms with Crippen molar-refractivity contribution >= 4 is 35.0 Å². The molecule has 104 valence electrons. The van der Waals surface area contributed by atoms with E-state index in [2.05, 4.69) is 15.5 Å². The van der Waals surface area contributed by atoms with Crippen molar-refractivity contribution in [2.75, 3.05) is 0 Å². The van der Waals surface area contributed by atoms with Crippen LogP contribution in [0.1, 0.15) is 0 Å². The first-order valence-corrected chi connectivity index (χ1v) is 6.27. The molecule has 0 aliphatic rings. The molecule has 0 radical (unpaired) electrons. The number of nitrogens with zero attached hydrogens (tertiary/aromatic N) is 5. The number of carboxylic acid groups (broad SMARTS) is 1. The van der Waals surface area contributed by atoms with Gasteiger partial charge in [-0.05, 0) is 28.3 Å². The summed E-state index contributed by atoms with van der Waals surface area (Å²) >= 11 is 6.76. The maximum Gasteiger partial charge on any atom is 0.325 e. The lowest BCUT2D eigenvalue weighted by Gasteiger charge is -2.04. The quantitative estimate of drug-likeness (QED) is 0.649. The average Bonchev–Trinajstić information content (AvgIpc) is 2.78. The summed E-state index contributed by atoms with van der Waals surface area (Å²) in [6.07, 6.45) is 0. The molecule has 0 spiro atoms. The van der Waals surface area contributed by atoms with Gasteiger partial charge in [-0.1, -0.05) is 17.7 Å². The van der Waals surface area contributed by atoms with Gasteiger partial charge in [0.25, 0.3) is 5.69 Å². The van der Waals surface area contributed by atoms with Gasteiger partial charge in [-0.2, -0.15) is 0 Å². The third kappa shape index (κ3) is 3.03. The van der Waals surface area contributed by atoms with E-state index < -0.39 is 17.4 Å². The highest BCUT2D eigenvalue weighted by atomic mass is 35.5. The molecule has 0 unspecified atom stereocenters. The summed E-state index contributed by atoms with van der Waals surface area (Å²) in [5.74, 6) is -1.13. The van der Waals surface area contributed by atoms with Gasteiger partial charge in [0.15, 0.2) is 0 Å². The number of nitro benzene ring substituents is 1. The number of hydrogen-bond donors (Lipinski definition) is 1. The monoisotopic (exact) mass is 315 g/mol. The first kappa shape index (κ1) is 14.2. The van der Waals surface area contributed by atoms with Crippen molar-refractivity contribution in [3.8, 4) is 0 Å². The second-order valence-electron chi connectivity index (χ2n) is 3.46. The minimum Gasteiger partial charge on any atom is -0.480 e. The molecule has 1 N–H and O–H groups in total. The van der Waals surface area contributed by atoms with Crippen LogP contribution in [0.15, 0.2) is 28.3 Å². The Labute approximate surface area is 120 Å². The Balaban J connectivity index is 2.38. The zero-order valence-corrected chi connectivity index (χ0v) is 11.2. The number of carboxylic acids is 1. The number of hydrogen-bond acceptors (Lipinski definition) is 7. The molecule has 0 fully saturated rings. The molecule has 0 atom stereocenters. The van der Waals surface area contributed by atoms with Gasteiger partial charge < -0.3 is 5.11 Å². The molecule has 0 saturated heterocycles. The molecule has 1 aromatic heterocycles. The maximum absolute atomic E-state index is 10.9. The fourth-order valence-corrected chi connectivity index (χ4v) is 2.49. The van der Waals surface area contributed by atoms with Crippen LogP contribution in [0.5, 0.6) is 0 Å². The van der Waals surface area contributed by atoms with E-state index in [-0.39, 0.29) is 20.8 Å². The molecule has 9 nitrogen and oxygen atoms in total. The number of tetrazole rings is 1. The van der Waals surface area contributed by atoms with Crippen molar-refractivity contribution in [3.05, 3.63) is 33.3 Å². The van der Waals surface area contributed by atoms with Crippen molar-refractivity contribution in [2.24, 2.45) is 0 Å². The third-order valence-electron chi connectivity index (χ3n) is 2.12. The number of halogens is 1. The summed E-state index contributed by atoms with van der Waals surface area (Å²) in [4.78, 5) is 21.2. The summed E-state index contributed by atoms with van der Waals surface area (Å²) in [6.45, 7) is -0.451. The van der Waals surface area contributed by atoms with Crippen LogP contribution >= 0.6 is 23.4 Å². The lowest BCUT2D eigenvalue weighted by Crippen LogP contribution is -2.11. The van der Waals surface area contributed by atoms with Crippen LogP contribution in [0.3, 0.4) is 0 Å². The normalized spacial score (nSPS) is 10.4. The van der Waals surface area contributed by atoms with Crippen LogP contribution in [0.25, 0.3) is 0 Å². The number of benzene rings is 1. The van der Waals surface area contributed by atoms with E-state index >= 15 is 0 Å². The van der Waals surface area contributed by atoms with Gasteiger partial charge in [0.05, 0.1) is 9.95 Å². The van der Waals surface area contributed by atoms with E-state index in [1.807, 2.05) is 0 Å². The van der Waals surface area contributed by atoms with Crippen LogP contribution in [0.2, 0.25) is 5.02 Å². The molecule has 0 aliphatic heterocycles. The molecule has 20 heavy (non-hydrogen) atoms. The summed E-state index contributed by atoms with van der Waals surface area (Å²) in [7, 11) is 0. The molecule has 2 aromatic rings. The molecule has 1 aromatic carbocycles. The highest BCUT2D eigenvalue weighted by Crippen LogP contribution is 2.38. The molecule has 11 heteroatoms. The molecular formula is C9H6ClN5O4S. The Hall–Kier alpha value is -2.20. The highest BCUT2D eigenvalue weighted by molar-refractivity contribution is 7.99.